The van der Waals surface area contributed by atoms with Gasteiger partial charge in [0.2, 0.25) is 0 Å². The van der Waals surface area contributed by atoms with E-state index in [1.807, 2.05) is 13.8 Å². The highest BCUT2D eigenvalue weighted by molar-refractivity contribution is 9.10. The summed E-state index contributed by atoms with van der Waals surface area (Å²) in [6.07, 6.45) is -1.58. The molecule has 0 aliphatic carbocycles. The smallest absolute Gasteiger partial charge is 0.337 e. The van der Waals surface area contributed by atoms with Crippen molar-refractivity contribution in [2.24, 2.45) is 5.41 Å². The topological polar surface area (TPSA) is 76.0 Å². The van der Waals surface area contributed by atoms with Crippen molar-refractivity contribution in [3.63, 3.8) is 0 Å². The lowest BCUT2D eigenvalue weighted by atomic mass is 9.97. The number of ether oxygens (including phenoxy) is 2. The van der Waals surface area contributed by atoms with Crippen molar-refractivity contribution in [1.29, 1.82) is 0 Å². The van der Waals surface area contributed by atoms with E-state index in [4.69, 9.17) is 14.6 Å². The van der Waals surface area contributed by atoms with Gasteiger partial charge in [0, 0.05) is 5.41 Å². The van der Waals surface area contributed by atoms with Crippen molar-refractivity contribution in [1.82, 2.24) is 0 Å². The third-order valence-electron chi connectivity index (χ3n) is 2.81. The van der Waals surface area contributed by atoms with Crippen molar-refractivity contribution in [2.45, 2.75) is 20.0 Å². The van der Waals surface area contributed by atoms with E-state index in [0.29, 0.717) is 29.2 Å². The van der Waals surface area contributed by atoms with Gasteiger partial charge in [-0.2, -0.15) is 0 Å². The van der Waals surface area contributed by atoms with Gasteiger partial charge in [0.25, 0.3) is 0 Å². The molecule has 5 nitrogen and oxygen atoms in total. The molecule has 2 rings (SSSR count). The molecule has 0 amide bonds. The highest BCUT2D eigenvalue weighted by atomic mass is 79.9. The zero-order chi connectivity index (χ0) is 14.2. The standard InChI is InChI=1S/C13H15BrO5/c1-13(2)5-18-9-4-7(10(15)12(16)17)3-8(14)11(9)19-6-13/h3-4,10,15H,5-6H2,1-2H3,(H,16,17). The second-order valence-corrected chi connectivity index (χ2v) is 6.17. The summed E-state index contributed by atoms with van der Waals surface area (Å²) in [7, 11) is 0. The van der Waals surface area contributed by atoms with E-state index in [9.17, 15) is 9.90 Å². The van der Waals surface area contributed by atoms with Crippen molar-refractivity contribution in [3.8, 4) is 11.5 Å². The second kappa shape index (κ2) is 5.02. The first-order valence-corrected chi connectivity index (χ1v) is 6.59. The minimum absolute atomic E-state index is 0.135. The molecule has 0 aromatic heterocycles. The predicted molar refractivity (Wildman–Crippen MR) is 71.5 cm³/mol. The fourth-order valence-corrected chi connectivity index (χ4v) is 2.29. The molecule has 2 N–H and O–H groups in total. The summed E-state index contributed by atoms with van der Waals surface area (Å²) in [5, 5.41) is 18.4. The zero-order valence-corrected chi connectivity index (χ0v) is 12.2. The Morgan fingerprint density at radius 3 is 2.63 bits per heavy atom. The summed E-state index contributed by atoms with van der Waals surface area (Å²) in [5.41, 5.74) is 0.116. The van der Waals surface area contributed by atoms with Gasteiger partial charge in [-0.05, 0) is 33.6 Å². The van der Waals surface area contributed by atoms with Crippen LogP contribution in [0.3, 0.4) is 0 Å². The van der Waals surface area contributed by atoms with E-state index in [0.717, 1.165) is 0 Å². The molecular formula is C13H15BrO5. The summed E-state index contributed by atoms with van der Waals surface area (Å²) in [6, 6.07) is 3.03. The van der Waals surface area contributed by atoms with Crippen LogP contribution in [-0.4, -0.2) is 29.4 Å². The fraction of sp³-hybridized carbons (Fsp3) is 0.462. The van der Waals surface area contributed by atoms with Crippen LogP contribution in [0.25, 0.3) is 0 Å². The molecule has 1 atom stereocenters. The number of carboxylic acid groups (broad SMARTS) is 1. The van der Waals surface area contributed by atoms with E-state index < -0.39 is 12.1 Å². The maximum Gasteiger partial charge on any atom is 0.337 e. The van der Waals surface area contributed by atoms with Crippen LogP contribution in [-0.2, 0) is 4.79 Å². The van der Waals surface area contributed by atoms with Crippen LogP contribution in [0, 0.1) is 5.41 Å². The van der Waals surface area contributed by atoms with E-state index in [-0.39, 0.29) is 11.0 Å². The van der Waals surface area contributed by atoms with Gasteiger partial charge in [0.05, 0.1) is 17.7 Å². The van der Waals surface area contributed by atoms with E-state index in [1.54, 1.807) is 0 Å². The molecule has 0 radical (unpaired) electrons. The maximum absolute atomic E-state index is 10.8. The molecule has 104 valence electrons. The number of aliphatic hydroxyl groups excluding tert-OH is 1. The van der Waals surface area contributed by atoms with Crippen LogP contribution in [0.1, 0.15) is 25.5 Å². The van der Waals surface area contributed by atoms with Gasteiger partial charge in [-0.15, -0.1) is 0 Å². The van der Waals surface area contributed by atoms with Crippen molar-refractivity contribution in [2.75, 3.05) is 13.2 Å². The molecule has 0 saturated heterocycles. The molecule has 19 heavy (non-hydrogen) atoms. The number of benzene rings is 1. The Bertz CT molecular complexity index is 512. The molecule has 0 bridgehead atoms. The van der Waals surface area contributed by atoms with Gasteiger partial charge >= 0.3 is 5.97 Å². The average Bonchev–Trinajstić information content (AvgIpc) is 2.48. The van der Waals surface area contributed by atoms with Crippen LogP contribution < -0.4 is 9.47 Å². The number of hydrogen-bond donors (Lipinski definition) is 2. The summed E-state index contributed by atoms with van der Waals surface area (Å²) < 4.78 is 11.9. The number of aliphatic hydroxyl groups is 1. The highest BCUT2D eigenvalue weighted by Crippen LogP contribution is 2.41. The number of carbonyl (C=O) groups is 1. The first-order chi connectivity index (χ1) is 8.80. The van der Waals surface area contributed by atoms with Gasteiger partial charge < -0.3 is 19.7 Å². The first kappa shape index (κ1) is 14.1. The first-order valence-electron chi connectivity index (χ1n) is 5.80. The van der Waals surface area contributed by atoms with Gasteiger partial charge in [0.1, 0.15) is 0 Å². The van der Waals surface area contributed by atoms with Crippen LogP contribution in [0.5, 0.6) is 11.5 Å². The van der Waals surface area contributed by atoms with Gasteiger partial charge in [-0.1, -0.05) is 13.8 Å². The summed E-state index contributed by atoms with van der Waals surface area (Å²) in [5.74, 6) is -0.330. The molecule has 6 heteroatoms. The minimum atomic E-state index is -1.58. The van der Waals surface area contributed by atoms with Gasteiger partial charge in [0.15, 0.2) is 17.6 Å². The highest BCUT2D eigenvalue weighted by Gasteiger charge is 2.28. The molecule has 1 aromatic rings. The Labute approximate surface area is 119 Å². The number of halogens is 1. The minimum Gasteiger partial charge on any atom is -0.489 e. The third kappa shape index (κ3) is 3.01. The number of fused-ring (bicyclic) bond motifs is 1. The molecule has 0 spiro atoms. The number of carboxylic acids is 1. The van der Waals surface area contributed by atoms with Gasteiger partial charge in [-0.25, -0.2) is 4.79 Å². The predicted octanol–water partition coefficient (Wildman–Crippen LogP) is 2.36. The van der Waals surface area contributed by atoms with Crippen molar-refractivity contribution in [3.05, 3.63) is 22.2 Å². The summed E-state index contributed by atoms with van der Waals surface area (Å²) in [4.78, 5) is 10.8. The third-order valence-corrected chi connectivity index (χ3v) is 3.40. The largest absolute Gasteiger partial charge is 0.489 e. The van der Waals surface area contributed by atoms with E-state index in [2.05, 4.69) is 15.9 Å². The number of rotatable bonds is 2. The second-order valence-electron chi connectivity index (χ2n) is 5.31. The van der Waals surface area contributed by atoms with Crippen molar-refractivity contribution < 1.29 is 24.5 Å². The van der Waals surface area contributed by atoms with Crippen LogP contribution >= 0.6 is 15.9 Å². The fourth-order valence-electron chi connectivity index (χ4n) is 1.72. The lowest BCUT2D eigenvalue weighted by Gasteiger charge is -2.19. The molecule has 1 heterocycles. The molecule has 1 unspecified atom stereocenters. The molecule has 1 aliphatic rings. The average molecular weight is 331 g/mol. The molecule has 0 saturated carbocycles. The van der Waals surface area contributed by atoms with Crippen LogP contribution in [0.4, 0.5) is 0 Å². The van der Waals surface area contributed by atoms with Gasteiger partial charge in [-0.3, -0.25) is 0 Å². The molecular weight excluding hydrogens is 316 g/mol. The summed E-state index contributed by atoms with van der Waals surface area (Å²) >= 11 is 3.31. The van der Waals surface area contributed by atoms with Crippen LogP contribution in [0.2, 0.25) is 0 Å². The summed E-state index contributed by atoms with van der Waals surface area (Å²) in [6.45, 7) is 4.98. The molecule has 0 fully saturated rings. The lowest BCUT2D eigenvalue weighted by Crippen LogP contribution is -2.26. The maximum atomic E-state index is 10.8. The Morgan fingerprint density at radius 2 is 2.00 bits per heavy atom. The SMILES string of the molecule is CC1(C)COc2cc(C(O)C(=O)O)cc(Br)c2OC1. The molecule has 1 aliphatic heterocycles. The van der Waals surface area contributed by atoms with E-state index >= 15 is 0 Å². The number of hydrogen-bond acceptors (Lipinski definition) is 4. The Kier molecular flexibility index (Phi) is 3.73. The Hall–Kier alpha value is -1.27. The number of aliphatic carboxylic acids is 1. The quantitative estimate of drug-likeness (QED) is 0.870. The van der Waals surface area contributed by atoms with Crippen LogP contribution in [0.15, 0.2) is 16.6 Å². The van der Waals surface area contributed by atoms with E-state index in [1.165, 1.54) is 12.1 Å². The molecule has 1 aromatic carbocycles. The zero-order valence-electron chi connectivity index (χ0n) is 10.6. The normalized spacial score (nSPS) is 18.5. The Morgan fingerprint density at radius 1 is 1.37 bits per heavy atom. The lowest BCUT2D eigenvalue weighted by molar-refractivity contribution is -0.146. The Balaban J connectivity index is 2.39. The van der Waals surface area contributed by atoms with Crippen molar-refractivity contribution >= 4 is 21.9 Å². The monoisotopic (exact) mass is 330 g/mol.